The van der Waals surface area contributed by atoms with Gasteiger partial charge in [-0.25, -0.2) is 4.79 Å². The fourth-order valence-electron chi connectivity index (χ4n) is 5.09. The van der Waals surface area contributed by atoms with E-state index in [-0.39, 0.29) is 23.8 Å². The third-order valence-corrected chi connectivity index (χ3v) is 6.40. The Morgan fingerprint density at radius 2 is 1.71 bits per heavy atom. The lowest BCUT2D eigenvalue weighted by molar-refractivity contribution is -0.133. The van der Waals surface area contributed by atoms with Gasteiger partial charge in [-0.2, -0.15) is 0 Å². The van der Waals surface area contributed by atoms with Gasteiger partial charge in [0, 0.05) is 31.5 Å². The van der Waals surface area contributed by atoms with Gasteiger partial charge in [-0.1, -0.05) is 32.1 Å². The molecule has 0 aromatic rings. The van der Waals surface area contributed by atoms with E-state index in [0.717, 1.165) is 44.9 Å². The van der Waals surface area contributed by atoms with Gasteiger partial charge in [0.2, 0.25) is 5.91 Å². The van der Waals surface area contributed by atoms with Gasteiger partial charge in [0.25, 0.3) is 5.91 Å². The van der Waals surface area contributed by atoms with Gasteiger partial charge in [0.15, 0.2) is 0 Å². The molecule has 24 heavy (non-hydrogen) atoms. The van der Waals surface area contributed by atoms with E-state index < -0.39 is 5.54 Å². The van der Waals surface area contributed by atoms with Crippen LogP contribution in [0.4, 0.5) is 4.79 Å². The number of carbonyl (C=O) groups is 3. The molecule has 4 fully saturated rings. The standard InChI is InChI=1S/C18H27N3O3/c22-15-10-13(11-20(15)14-6-2-3-7-14)12-21-16(23)18(19-17(21)24)8-4-1-5-9-18/h13-14H,1-12H2,(H,19,24). The van der Waals surface area contributed by atoms with Crippen molar-refractivity contribution in [2.24, 2.45) is 5.92 Å². The third kappa shape index (κ3) is 2.60. The Hall–Kier alpha value is -1.59. The van der Waals surface area contributed by atoms with E-state index in [0.29, 0.717) is 25.6 Å². The first-order valence-corrected chi connectivity index (χ1v) is 9.53. The molecule has 2 saturated heterocycles. The van der Waals surface area contributed by atoms with Crippen LogP contribution < -0.4 is 5.32 Å². The predicted molar refractivity (Wildman–Crippen MR) is 88.1 cm³/mol. The van der Waals surface area contributed by atoms with E-state index in [9.17, 15) is 14.4 Å². The predicted octanol–water partition coefficient (Wildman–Crippen LogP) is 2.03. The number of amides is 4. The number of likely N-dealkylation sites (tertiary alicyclic amines) is 1. The summed E-state index contributed by atoms with van der Waals surface area (Å²) in [6, 6.07) is 0.129. The highest BCUT2D eigenvalue weighted by molar-refractivity contribution is 6.07. The highest BCUT2D eigenvalue weighted by atomic mass is 16.2. The Morgan fingerprint density at radius 3 is 2.42 bits per heavy atom. The summed E-state index contributed by atoms with van der Waals surface area (Å²) in [6.07, 6.45) is 9.73. The topological polar surface area (TPSA) is 69.7 Å². The summed E-state index contributed by atoms with van der Waals surface area (Å²) in [6.45, 7) is 1.09. The maximum Gasteiger partial charge on any atom is 0.325 e. The summed E-state index contributed by atoms with van der Waals surface area (Å²) < 4.78 is 0. The molecule has 2 aliphatic heterocycles. The van der Waals surface area contributed by atoms with Crippen LogP contribution in [0.5, 0.6) is 0 Å². The minimum Gasteiger partial charge on any atom is -0.339 e. The molecule has 1 N–H and O–H groups in total. The monoisotopic (exact) mass is 333 g/mol. The molecule has 0 aromatic heterocycles. The van der Waals surface area contributed by atoms with Crippen LogP contribution in [0.2, 0.25) is 0 Å². The van der Waals surface area contributed by atoms with E-state index >= 15 is 0 Å². The Bertz CT molecular complexity index is 550. The van der Waals surface area contributed by atoms with E-state index in [2.05, 4.69) is 5.32 Å². The summed E-state index contributed by atoms with van der Waals surface area (Å²) in [7, 11) is 0. The highest BCUT2D eigenvalue weighted by Gasteiger charge is 2.52. The van der Waals surface area contributed by atoms with Crippen LogP contribution in [-0.4, -0.2) is 52.3 Å². The van der Waals surface area contributed by atoms with Crippen molar-refractivity contribution < 1.29 is 14.4 Å². The molecule has 2 saturated carbocycles. The summed E-state index contributed by atoms with van der Waals surface area (Å²) in [4.78, 5) is 40.9. The molecule has 4 amide bonds. The molecule has 2 heterocycles. The maximum absolute atomic E-state index is 12.8. The van der Waals surface area contributed by atoms with Crippen LogP contribution in [0.25, 0.3) is 0 Å². The molecule has 0 radical (unpaired) electrons. The maximum atomic E-state index is 12.8. The van der Waals surface area contributed by atoms with E-state index in [1.165, 1.54) is 17.7 Å². The van der Waals surface area contributed by atoms with E-state index in [4.69, 9.17) is 0 Å². The smallest absolute Gasteiger partial charge is 0.325 e. The Balaban J connectivity index is 1.41. The molecule has 6 nitrogen and oxygen atoms in total. The fraction of sp³-hybridized carbons (Fsp3) is 0.833. The van der Waals surface area contributed by atoms with Crippen LogP contribution in [0.15, 0.2) is 0 Å². The molecule has 1 atom stereocenters. The minimum atomic E-state index is -0.650. The molecule has 0 bridgehead atoms. The summed E-state index contributed by atoms with van der Waals surface area (Å²) in [5, 5.41) is 2.96. The zero-order valence-electron chi connectivity index (χ0n) is 14.3. The van der Waals surface area contributed by atoms with Crippen molar-refractivity contribution in [3.8, 4) is 0 Å². The Kier molecular flexibility index (Phi) is 4.01. The van der Waals surface area contributed by atoms with Crippen molar-refractivity contribution in [1.29, 1.82) is 0 Å². The van der Waals surface area contributed by atoms with Crippen molar-refractivity contribution in [2.75, 3.05) is 13.1 Å². The molecule has 4 aliphatic rings. The van der Waals surface area contributed by atoms with Gasteiger partial charge >= 0.3 is 6.03 Å². The number of urea groups is 1. The van der Waals surface area contributed by atoms with Crippen LogP contribution in [0.3, 0.4) is 0 Å². The zero-order valence-corrected chi connectivity index (χ0v) is 14.3. The van der Waals surface area contributed by atoms with Crippen LogP contribution >= 0.6 is 0 Å². The van der Waals surface area contributed by atoms with Gasteiger partial charge in [-0.05, 0) is 25.7 Å². The number of nitrogens with one attached hydrogen (secondary N) is 1. The van der Waals surface area contributed by atoms with Gasteiger partial charge < -0.3 is 10.2 Å². The molecule has 1 unspecified atom stereocenters. The van der Waals surface area contributed by atoms with Crippen molar-refractivity contribution in [3.05, 3.63) is 0 Å². The Morgan fingerprint density at radius 1 is 1.00 bits per heavy atom. The first-order chi connectivity index (χ1) is 11.6. The van der Waals surface area contributed by atoms with Crippen molar-refractivity contribution in [1.82, 2.24) is 15.1 Å². The third-order valence-electron chi connectivity index (χ3n) is 6.40. The first kappa shape index (κ1) is 15.9. The number of rotatable bonds is 3. The van der Waals surface area contributed by atoms with Crippen LogP contribution in [0.1, 0.15) is 64.2 Å². The lowest BCUT2D eigenvalue weighted by Crippen LogP contribution is -2.48. The molecule has 132 valence electrons. The lowest BCUT2D eigenvalue weighted by atomic mass is 9.81. The zero-order chi connectivity index (χ0) is 16.7. The second kappa shape index (κ2) is 6.05. The second-order valence-electron chi connectivity index (χ2n) is 8.04. The van der Waals surface area contributed by atoms with Crippen molar-refractivity contribution >= 4 is 17.8 Å². The van der Waals surface area contributed by atoms with Crippen LogP contribution in [0, 0.1) is 5.92 Å². The number of carbonyl (C=O) groups excluding carboxylic acids is 3. The molecule has 1 spiro atoms. The summed E-state index contributed by atoms with van der Waals surface area (Å²) in [5.74, 6) is 0.233. The van der Waals surface area contributed by atoms with E-state index in [1.807, 2.05) is 4.90 Å². The first-order valence-electron chi connectivity index (χ1n) is 9.53. The molecular formula is C18H27N3O3. The fourth-order valence-corrected chi connectivity index (χ4v) is 5.09. The number of hydrogen-bond acceptors (Lipinski definition) is 3. The largest absolute Gasteiger partial charge is 0.339 e. The SMILES string of the molecule is O=C1NC2(CCCCC2)C(=O)N1CC1CC(=O)N(C2CCCC2)C1. The van der Waals surface area contributed by atoms with Gasteiger partial charge in [0.05, 0.1) is 0 Å². The average molecular weight is 333 g/mol. The molecule has 0 aromatic carbocycles. The summed E-state index contributed by atoms with van der Waals surface area (Å²) in [5.41, 5.74) is -0.650. The van der Waals surface area contributed by atoms with E-state index in [1.54, 1.807) is 0 Å². The quantitative estimate of drug-likeness (QED) is 0.804. The Labute approximate surface area is 142 Å². The minimum absolute atomic E-state index is 0.0565. The molecular weight excluding hydrogens is 306 g/mol. The van der Waals surface area contributed by atoms with Crippen LogP contribution in [-0.2, 0) is 9.59 Å². The average Bonchev–Trinajstić information content (AvgIpc) is 3.26. The normalized spacial score (nSPS) is 30.7. The molecule has 4 rings (SSSR count). The number of nitrogens with zero attached hydrogens (tertiary/aromatic N) is 2. The van der Waals surface area contributed by atoms with Gasteiger partial charge in [-0.15, -0.1) is 0 Å². The number of hydrogen-bond donors (Lipinski definition) is 1. The second-order valence-corrected chi connectivity index (χ2v) is 8.04. The summed E-state index contributed by atoms with van der Waals surface area (Å²) >= 11 is 0. The highest BCUT2D eigenvalue weighted by Crippen LogP contribution is 2.35. The van der Waals surface area contributed by atoms with Gasteiger partial charge in [-0.3, -0.25) is 14.5 Å². The van der Waals surface area contributed by atoms with Gasteiger partial charge in [0.1, 0.15) is 5.54 Å². The van der Waals surface area contributed by atoms with Crippen molar-refractivity contribution in [2.45, 2.75) is 75.8 Å². The molecule has 2 aliphatic carbocycles. The van der Waals surface area contributed by atoms with Crippen molar-refractivity contribution in [3.63, 3.8) is 0 Å². The molecule has 6 heteroatoms. The lowest BCUT2D eigenvalue weighted by Gasteiger charge is -2.30. The number of imide groups is 1.